The van der Waals surface area contributed by atoms with Crippen LogP contribution in [0.2, 0.25) is 0 Å². The number of thioether (sulfide) groups is 1. The number of amides is 3. The van der Waals surface area contributed by atoms with E-state index in [1.165, 1.54) is 22.7 Å². The Morgan fingerprint density at radius 1 is 1.05 bits per heavy atom. The van der Waals surface area contributed by atoms with Crippen molar-refractivity contribution in [1.29, 1.82) is 0 Å². The summed E-state index contributed by atoms with van der Waals surface area (Å²) in [6, 6.07) is 12.4. The van der Waals surface area contributed by atoms with Gasteiger partial charge in [0.1, 0.15) is 11.8 Å². The third kappa shape index (κ3) is 6.81. The molecule has 3 unspecified atom stereocenters. The number of hydrogen-bond acceptors (Lipinski definition) is 6. The van der Waals surface area contributed by atoms with Crippen LogP contribution in [0.1, 0.15) is 67.9 Å². The second-order valence-electron chi connectivity index (χ2n) is 11.7. The van der Waals surface area contributed by atoms with Gasteiger partial charge in [-0.05, 0) is 76.5 Å². The molecule has 1 aliphatic carbocycles. The summed E-state index contributed by atoms with van der Waals surface area (Å²) >= 11 is 1.50. The molecule has 4 rings (SSSR count). The summed E-state index contributed by atoms with van der Waals surface area (Å²) in [6.07, 6.45) is 2.59. The number of rotatable bonds is 8. The van der Waals surface area contributed by atoms with Gasteiger partial charge >= 0.3 is 0 Å². The minimum Gasteiger partial charge on any atom is -0.508 e. The van der Waals surface area contributed by atoms with Crippen LogP contribution in [0.4, 0.5) is 0 Å². The van der Waals surface area contributed by atoms with Gasteiger partial charge in [-0.25, -0.2) is 0 Å². The summed E-state index contributed by atoms with van der Waals surface area (Å²) < 4.78 is -0.543. The molecule has 8 nitrogen and oxygen atoms in total. The molecule has 0 bridgehead atoms. The highest BCUT2D eigenvalue weighted by molar-refractivity contribution is 8.00. The van der Waals surface area contributed by atoms with Gasteiger partial charge in [0.25, 0.3) is 11.8 Å². The number of hydrogen-bond donors (Lipinski definition) is 4. The molecule has 0 spiro atoms. The number of carbonyl (C=O) groups excluding carboxylic acids is 3. The van der Waals surface area contributed by atoms with Crippen LogP contribution in [0.25, 0.3) is 0 Å². The van der Waals surface area contributed by atoms with E-state index in [-0.39, 0.29) is 35.6 Å². The van der Waals surface area contributed by atoms with Crippen molar-refractivity contribution < 1.29 is 24.6 Å². The summed E-state index contributed by atoms with van der Waals surface area (Å²) in [7, 11) is 0. The highest BCUT2D eigenvalue weighted by atomic mass is 32.2. The molecule has 3 atom stereocenters. The Kier molecular flexibility index (Phi) is 9.46. The molecule has 3 amide bonds. The largest absolute Gasteiger partial charge is 0.508 e. The van der Waals surface area contributed by atoms with Crippen LogP contribution in [0.15, 0.2) is 48.5 Å². The molecule has 2 aromatic carbocycles. The van der Waals surface area contributed by atoms with Crippen LogP contribution in [0, 0.1) is 12.8 Å². The minimum atomic E-state index is -1.58. The Morgan fingerprint density at radius 2 is 1.73 bits per heavy atom. The zero-order valence-electron chi connectivity index (χ0n) is 23.7. The highest BCUT2D eigenvalue weighted by Crippen LogP contribution is 2.40. The van der Waals surface area contributed by atoms with E-state index in [9.17, 15) is 24.6 Å². The summed E-state index contributed by atoms with van der Waals surface area (Å²) in [6.45, 7) is 7.75. The maximum Gasteiger partial charge on any atom is 0.254 e. The first kappa shape index (κ1) is 29.9. The average molecular weight is 568 g/mol. The summed E-state index contributed by atoms with van der Waals surface area (Å²) in [4.78, 5) is 42.1. The first-order valence-electron chi connectivity index (χ1n) is 14.0. The third-order valence-corrected chi connectivity index (χ3v) is 9.61. The van der Waals surface area contributed by atoms with Gasteiger partial charge in [0.15, 0.2) is 6.10 Å². The van der Waals surface area contributed by atoms with Crippen molar-refractivity contribution in [3.63, 3.8) is 0 Å². The molecule has 216 valence electrons. The van der Waals surface area contributed by atoms with E-state index in [0.717, 1.165) is 31.2 Å². The van der Waals surface area contributed by atoms with Gasteiger partial charge < -0.3 is 25.7 Å². The van der Waals surface area contributed by atoms with Gasteiger partial charge in [-0.15, -0.1) is 11.8 Å². The third-order valence-electron chi connectivity index (χ3n) is 8.24. The Morgan fingerprint density at radius 3 is 2.40 bits per heavy atom. The lowest BCUT2D eigenvalue weighted by atomic mass is 9.87. The molecule has 2 aromatic rings. The van der Waals surface area contributed by atoms with E-state index in [1.54, 1.807) is 19.1 Å². The number of carbonyl (C=O) groups is 3. The minimum absolute atomic E-state index is 0.0125. The van der Waals surface area contributed by atoms with Crippen molar-refractivity contribution >= 4 is 29.5 Å². The molecule has 0 radical (unpaired) electrons. The topological polar surface area (TPSA) is 119 Å². The van der Waals surface area contributed by atoms with Crippen LogP contribution in [-0.2, 0) is 16.0 Å². The zero-order chi connectivity index (χ0) is 29.0. The number of aliphatic hydroxyl groups is 1. The number of nitrogens with one attached hydrogen (secondary N) is 2. The lowest BCUT2D eigenvalue weighted by Gasteiger charge is -2.35. The lowest BCUT2D eigenvalue weighted by Crippen LogP contribution is -2.59. The van der Waals surface area contributed by atoms with Gasteiger partial charge in [-0.1, -0.05) is 43.3 Å². The summed E-state index contributed by atoms with van der Waals surface area (Å²) in [5.41, 5.74) is 1.50. The van der Waals surface area contributed by atoms with Crippen molar-refractivity contribution in [2.45, 2.75) is 88.8 Å². The zero-order valence-corrected chi connectivity index (χ0v) is 24.5. The number of phenolic OH excluding ortho intramolecular Hbond substituents is 1. The number of phenols is 1. The maximum atomic E-state index is 13.8. The summed E-state index contributed by atoms with van der Waals surface area (Å²) in [5, 5.41) is 27.5. The summed E-state index contributed by atoms with van der Waals surface area (Å²) in [5.74, 6) is -0.390. The molecule has 2 fully saturated rings. The Hall–Kier alpha value is -3.04. The normalized spacial score (nSPS) is 23.7. The molecule has 1 aliphatic heterocycles. The van der Waals surface area contributed by atoms with E-state index in [0.29, 0.717) is 11.5 Å². The van der Waals surface area contributed by atoms with Crippen molar-refractivity contribution in [2.24, 2.45) is 5.92 Å². The van der Waals surface area contributed by atoms with Crippen molar-refractivity contribution in [1.82, 2.24) is 15.5 Å². The predicted molar refractivity (Wildman–Crippen MR) is 157 cm³/mol. The fourth-order valence-electron chi connectivity index (χ4n) is 5.66. The van der Waals surface area contributed by atoms with Gasteiger partial charge in [-0.3, -0.25) is 14.4 Å². The van der Waals surface area contributed by atoms with E-state index in [1.807, 2.05) is 44.2 Å². The van der Waals surface area contributed by atoms with Crippen LogP contribution in [-0.4, -0.2) is 67.7 Å². The van der Waals surface area contributed by atoms with Gasteiger partial charge in [0.05, 0.1) is 11.9 Å². The standard InChI is InChI=1S/C31H41N3O5S/c1-19-13-15-22(16-14-19)32-29(38)27-31(3,4)40-18-34(27)30(39)26(36)24(17-21-9-6-5-7-10-21)33-28(37)23-11-8-12-25(35)20(23)2/h5-12,19,22,24,26-27,35-36H,13-18H2,1-4H3,(H,32,38)(H,33,37). The first-order chi connectivity index (χ1) is 19.0. The van der Waals surface area contributed by atoms with Crippen LogP contribution in [0.3, 0.4) is 0 Å². The quantitative estimate of drug-likeness (QED) is 0.386. The second-order valence-corrected chi connectivity index (χ2v) is 13.3. The molecule has 2 aliphatic rings. The Balaban J connectivity index is 1.55. The predicted octanol–water partition coefficient (Wildman–Crippen LogP) is 3.78. The van der Waals surface area contributed by atoms with E-state index in [2.05, 4.69) is 17.6 Å². The average Bonchev–Trinajstić information content (AvgIpc) is 3.25. The SMILES string of the molecule is Cc1c(O)cccc1C(=O)NC(Cc1ccccc1)C(O)C(=O)N1CSC(C)(C)C1C(=O)NC1CCC(C)CC1. The number of aliphatic hydroxyl groups excluding tert-OH is 1. The monoisotopic (exact) mass is 567 g/mol. The first-order valence-corrected chi connectivity index (χ1v) is 15.0. The van der Waals surface area contributed by atoms with E-state index >= 15 is 0 Å². The molecule has 1 heterocycles. The Bertz CT molecular complexity index is 1210. The van der Waals surface area contributed by atoms with Crippen molar-refractivity contribution in [2.75, 3.05) is 5.88 Å². The molecule has 1 saturated heterocycles. The number of aromatic hydroxyl groups is 1. The lowest BCUT2D eigenvalue weighted by molar-refractivity contribution is -0.147. The van der Waals surface area contributed by atoms with Crippen LogP contribution >= 0.6 is 11.8 Å². The molecule has 4 N–H and O–H groups in total. The Labute approximate surface area is 240 Å². The van der Waals surface area contributed by atoms with Crippen molar-refractivity contribution in [3.8, 4) is 5.75 Å². The highest BCUT2D eigenvalue weighted by Gasteiger charge is 2.50. The fourth-order valence-corrected chi connectivity index (χ4v) is 6.80. The molecular weight excluding hydrogens is 526 g/mol. The smallest absolute Gasteiger partial charge is 0.254 e. The van der Waals surface area contributed by atoms with Gasteiger partial charge in [-0.2, -0.15) is 0 Å². The van der Waals surface area contributed by atoms with Gasteiger partial charge in [0, 0.05) is 21.9 Å². The molecule has 0 aromatic heterocycles. The van der Waals surface area contributed by atoms with E-state index in [4.69, 9.17) is 0 Å². The van der Waals surface area contributed by atoms with Crippen molar-refractivity contribution in [3.05, 3.63) is 65.2 Å². The van der Waals surface area contributed by atoms with Crippen LogP contribution in [0.5, 0.6) is 5.75 Å². The number of benzene rings is 2. The molecule has 1 saturated carbocycles. The molecular formula is C31H41N3O5S. The molecule has 9 heteroatoms. The fraction of sp³-hybridized carbons (Fsp3) is 0.516. The maximum absolute atomic E-state index is 13.8. The van der Waals surface area contributed by atoms with Crippen LogP contribution < -0.4 is 10.6 Å². The second kappa shape index (κ2) is 12.6. The van der Waals surface area contributed by atoms with Gasteiger partial charge in [0.2, 0.25) is 5.91 Å². The number of nitrogens with zero attached hydrogens (tertiary/aromatic N) is 1. The molecule has 40 heavy (non-hydrogen) atoms. The van der Waals surface area contributed by atoms with E-state index < -0.39 is 34.7 Å².